The lowest BCUT2D eigenvalue weighted by Crippen LogP contribution is -2.19. The van der Waals surface area contributed by atoms with Crippen LogP contribution in [0.3, 0.4) is 0 Å². The molecule has 0 aromatic heterocycles. The molecule has 0 saturated carbocycles. The topological polar surface area (TPSA) is 69.9 Å². The third kappa shape index (κ3) is 6.95. The van der Waals surface area contributed by atoms with Crippen LogP contribution in [-0.2, 0) is 4.74 Å². The van der Waals surface area contributed by atoms with Gasteiger partial charge in [0.25, 0.3) is 0 Å². The van der Waals surface area contributed by atoms with E-state index >= 15 is 0 Å². The predicted octanol–water partition coefficient (Wildman–Crippen LogP) is -0.421. The van der Waals surface area contributed by atoms with Crippen LogP contribution in [0.4, 0.5) is 0 Å². The van der Waals surface area contributed by atoms with Crippen molar-refractivity contribution in [2.45, 2.75) is 18.9 Å². The maximum atomic E-state index is 9.30. The van der Waals surface area contributed by atoms with Gasteiger partial charge in [0.1, 0.15) is 0 Å². The molecule has 0 spiro atoms. The maximum Gasteiger partial charge on any atom is 0.0773 e. The van der Waals surface area contributed by atoms with E-state index < -0.39 is 6.10 Å². The first-order valence-electron chi connectivity index (χ1n) is 4.51. The molecule has 0 saturated heterocycles. The Morgan fingerprint density at radius 2 is 1.77 bits per heavy atom. The van der Waals surface area contributed by atoms with Crippen molar-refractivity contribution in [3.05, 3.63) is 6.92 Å². The van der Waals surface area contributed by atoms with E-state index in [9.17, 15) is 5.11 Å². The lowest BCUT2D eigenvalue weighted by molar-refractivity contribution is 0.0351. The van der Waals surface area contributed by atoms with Gasteiger partial charge in [0.2, 0.25) is 0 Å². The highest BCUT2D eigenvalue weighted by Crippen LogP contribution is 2.07. The van der Waals surface area contributed by atoms with Gasteiger partial charge >= 0.3 is 0 Å². The molecule has 0 aliphatic rings. The molecule has 0 aliphatic heterocycles. The van der Waals surface area contributed by atoms with E-state index in [1.807, 2.05) is 0 Å². The normalized spacial score (nSPS) is 13.6. The van der Waals surface area contributed by atoms with Gasteiger partial charge in [-0.2, -0.15) is 0 Å². The van der Waals surface area contributed by atoms with Crippen molar-refractivity contribution < 1.29 is 20.1 Å². The van der Waals surface area contributed by atoms with Crippen LogP contribution in [0.2, 0.25) is 0 Å². The predicted molar refractivity (Wildman–Crippen MR) is 49.1 cm³/mol. The lowest BCUT2D eigenvalue weighted by atomic mass is 10.0. The van der Waals surface area contributed by atoms with Crippen molar-refractivity contribution in [3.8, 4) is 0 Å². The van der Waals surface area contributed by atoms with Crippen LogP contribution in [0.1, 0.15) is 12.8 Å². The zero-order chi connectivity index (χ0) is 10.1. The zero-order valence-electron chi connectivity index (χ0n) is 7.85. The maximum absolute atomic E-state index is 9.30. The minimum atomic E-state index is -0.526. The SMILES string of the molecule is [CH2]COCC(O)CCC(CO)CO. The van der Waals surface area contributed by atoms with Gasteiger partial charge in [0.15, 0.2) is 0 Å². The third-order valence-electron chi connectivity index (χ3n) is 1.88. The molecular weight excluding hydrogens is 172 g/mol. The Balaban J connectivity index is 3.38. The zero-order valence-corrected chi connectivity index (χ0v) is 7.85. The van der Waals surface area contributed by atoms with Gasteiger partial charge in [0.05, 0.1) is 12.7 Å². The summed E-state index contributed by atoms with van der Waals surface area (Å²) < 4.78 is 4.91. The molecule has 3 N–H and O–H groups in total. The van der Waals surface area contributed by atoms with Gasteiger partial charge in [-0.25, -0.2) is 0 Å². The highest BCUT2D eigenvalue weighted by molar-refractivity contribution is 4.61. The highest BCUT2D eigenvalue weighted by atomic mass is 16.5. The fourth-order valence-corrected chi connectivity index (χ4v) is 0.971. The highest BCUT2D eigenvalue weighted by Gasteiger charge is 2.09. The second-order valence-corrected chi connectivity index (χ2v) is 3.04. The molecule has 1 radical (unpaired) electrons. The van der Waals surface area contributed by atoms with Gasteiger partial charge < -0.3 is 20.1 Å². The molecule has 0 aromatic carbocycles. The van der Waals surface area contributed by atoms with Gasteiger partial charge in [-0.1, -0.05) is 0 Å². The Labute approximate surface area is 79.2 Å². The summed E-state index contributed by atoms with van der Waals surface area (Å²) in [6.07, 6.45) is 0.614. The van der Waals surface area contributed by atoms with Crippen LogP contribution in [-0.4, -0.2) is 47.9 Å². The fraction of sp³-hybridized carbons (Fsp3) is 0.889. The fourth-order valence-electron chi connectivity index (χ4n) is 0.971. The monoisotopic (exact) mass is 191 g/mol. The number of aliphatic hydroxyl groups is 3. The molecular formula is C9H19O4. The van der Waals surface area contributed by atoms with Gasteiger partial charge in [-0.3, -0.25) is 0 Å². The van der Waals surface area contributed by atoms with Gasteiger partial charge in [-0.05, 0) is 19.8 Å². The van der Waals surface area contributed by atoms with E-state index in [1.54, 1.807) is 0 Å². The molecule has 0 amide bonds. The average molecular weight is 191 g/mol. The average Bonchev–Trinajstić information content (AvgIpc) is 2.16. The smallest absolute Gasteiger partial charge is 0.0773 e. The summed E-state index contributed by atoms with van der Waals surface area (Å²) in [6.45, 7) is 4.01. The Hall–Kier alpha value is -0.160. The molecule has 1 atom stereocenters. The van der Waals surface area contributed by atoms with E-state index in [0.29, 0.717) is 19.4 Å². The van der Waals surface area contributed by atoms with Crippen LogP contribution >= 0.6 is 0 Å². The Bertz CT molecular complexity index is 104. The van der Waals surface area contributed by atoms with E-state index in [1.165, 1.54) is 0 Å². The molecule has 0 aliphatic carbocycles. The quantitative estimate of drug-likeness (QED) is 0.487. The summed E-state index contributed by atoms with van der Waals surface area (Å²) in [7, 11) is 0. The standard InChI is InChI=1S/C9H19O4/c1-2-13-7-9(12)4-3-8(5-10)6-11/h8-12H,1-7H2. The van der Waals surface area contributed by atoms with Crippen LogP contribution in [0.15, 0.2) is 0 Å². The number of ether oxygens (including phenoxy) is 1. The van der Waals surface area contributed by atoms with Crippen molar-refractivity contribution in [2.75, 3.05) is 26.4 Å². The minimum Gasteiger partial charge on any atom is -0.396 e. The number of aliphatic hydroxyl groups excluding tert-OH is 3. The first kappa shape index (κ1) is 12.8. The van der Waals surface area contributed by atoms with Crippen molar-refractivity contribution >= 4 is 0 Å². The van der Waals surface area contributed by atoms with Crippen molar-refractivity contribution in [3.63, 3.8) is 0 Å². The molecule has 79 valence electrons. The van der Waals surface area contributed by atoms with Crippen LogP contribution in [0.5, 0.6) is 0 Å². The van der Waals surface area contributed by atoms with Gasteiger partial charge in [0, 0.05) is 25.7 Å². The molecule has 0 aromatic rings. The lowest BCUT2D eigenvalue weighted by Gasteiger charge is -2.14. The second kappa shape index (κ2) is 8.44. The van der Waals surface area contributed by atoms with Crippen LogP contribution in [0, 0.1) is 12.8 Å². The van der Waals surface area contributed by atoms with Crippen LogP contribution < -0.4 is 0 Å². The van der Waals surface area contributed by atoms with E-state index in [0.717, 1.165) is 0 Å². The summed E-state index contributed by atoms with van der Waals surface area (Å²) in [4.78, 5) is 0. The minimum absolute atomic E-state index is 0.0423. The third-order valence-corrected chi connectivity index (χ3v) is 1.88. The summed E-state index contributed by atoms with van der Waals surface area (Å²) >= 11 is 0. The van der Waals surface area contributed by atoms with Crippen molar-refractivity contribution in [1.82, 2.24) is 0 Å². The first-order chi connectivity index (χ1) is 6.24. The molecule has 0 fully saturated rings. The van der Waals surface area contributed by atoms with Crippen LogP contribution in [0.25, 0.3) is 0 Å². The Morgan fingerprint density at radius 3 is 2.23 bits per heavy atom. The van der Waals surface area contributed by atoms with Crippen molar-refractivity contribution in [2.24, 2.45) is 5.92 Å². The molecule has 4 heteroatoms. The summed E-state index contributed by atoms with van der Waals surface area (Å²) in [5.74, 6) is -0.130. The summed E-state index contributed by atoms with van der Waals surface area (Å²) in [6, 6.07) is 0. The molecule has 13 heavy (non-hydrogen) atoms. The van der Waals surface area contributed by atoms with Crippen molar-refractivity contribution in [1.29, 1.82) is 0 Å². The summed E-state index contributed by atoms with van der Waals surface area (Å²) in [5, 5.41) is 26.8. The Morgan fingerprint density at radius 1 is 1.15 bits per heavy atom. The Kier molecular flexibility index (Phi) is 8.33. The molecule has 0 rings (SSSR count). The molecule has 0 heterocycles. The van der Waals surface area contributed by atoms with E-state index in [4.69, 9.17) is 14.9 Å². The molecule has 4 nitrogen and oxygen atoms in total. The number of hydrogen-bond acceptors (Lipinski definition) is 4. The van der Waals surface area contributed by atoms with E-state index in [-0.39, 0.29) is 25.7 Å². The number of hydrogen-bond donors (Lipinski definition) is 3. The second-order valence-electron chi connectivity index (χ2n) is 3.04. The van der Waals surface area contributed by atoms with E-state index in [2.05, 4.69) is 6.92 Å². The molecule has 0 bridgehead atoms. The largest absolute Gasteiger partial charge is 0.396 e. The summed E-state index contributed by atoms with van der Waals surface area (Å²) in [5.41, 5.74) is 0. The first-order valence-corrected chi connectivity index (χ1v) is 4.51. The van der Waals surface area contributed by atoms with Gasteiger partial charge in [-0.15, -0.1) is 0 Å². The molecule has 1 unspecified atom stereocenters. The number of rotatable bonds is 8.